The second-order valence-electron chi connectivity index (χ2n) is 4.25. The fraction of sp³-hybridized carbons (Fsp3) is 0.889. The van der Waals surface area contributed by atoms with Crippen LogP contribution >= 0.6 is 0 Å². The van der Waals surface area contributed by atoms with Crippen LogP contribution in [0.25, 0.3) is 0 Å². The van der Waals surface area contributed by atoms with Gasteiger partial charge >= 0.3 is 0 Å². The Hall–Kier alpha value is -0.610. The minimum Gasteiger partial charge on any atom is -0.370 e. The van der Waals surface area contributed by atoms with Gasteiger partial charge < -0.3 is 9.64 Å². The first-order chi connectivity index (χ1) is 6.31. The number of fused-ring (bicyclic) bond motifs is 1. The highest BCUT2D eigenvalue weighted by Gasteiger charge is 2.58. The van der Waals surface area contributed by atoms with Crippen molar-refractivity contribution >= 4 is 6.41 Å². The van der Waals surface area contributed by atoms with E-state index in [0.29, 0.717) is 18.2 Å². The third-order valence-corrected chi connectivity index (χ3v) is 3.63. The Morgan fingerprint density at radius 1 is 1.54 bits per heavy atom. The number of ether oxygens (including phenoxy) is 1. The van der Waals surface area contributed by atoms with Crippen molar-refractivity contribution in [3.05, 3.63) is 0 Å². The maximum atomic E-state index is 10.7. The Bertz CT molecular complexity index is 232. The molecule has 0 N–H and O–H groups in total. The molecule has 0 aromatic carbocycles. The molecule has 72 valence electrons. The minimum absolute atomic E-state index is 0.271. The maximum Gasteiger partial charge on any atom is 0.209 e. The van der Waals surface area contributed by atoms with Crippen LogP contribution in [-0.4, -0.2) is 60.6 Å². The lowest BCUT2D eigenvalue weighted by Crippen LogP contribution is -2.42. The van der Waals surface area contributed by atoms with Crippen molar-refractivity contribution in [1.82, 2.24) is 9.80 Å². The van der Waals surface area contributed by atoms with Crippen LogP contribution in [-0.2, 0) is 9.53 Å². The van der Waals surface area contributed by atoms with E-state index in [0.717, 1.165) is 25.9 Å². The van der Waals surface area contributed by atoms with E-state index in [1.807, 2.05) is 7.05 Å². The first-order valence-electron chi connectivity index (χ1n) is 4.88. The van der Waals surface area contributed by atoms with Gasteiger partial charge in [0.25, 0.3) is 0 Å². The summed E-state index contributed by atoms with van der Waals surface area (Å²) in [5.41, 5.74) is 0. The van der Waals surface area contributed by atoms with E-state index in [9.17, 15) is 4.79 Å². The summed E-state index contributed by atoms with van der Waals surface area (Å²) in [7, 11) is 1.86. The summed E-state index contributed by atoms with van der Waals surface area (Å²) >= 11 is 0. The summed E-state index contributed by atoms with van der Waals surface area (Å²) < 4.78 is 5.84. The normalized spacial score (nSPS) is 47.2. The predicted octanol–water partition coefficient (Wildman–Crippen LogP) is -0.701. The Morgan fingerprint density at radius 3 is 3.08 bits per heavy atom. The van der Waals surface area contributed by atoms with Crippen LogP contribution in [0, 0.1) is 0 Å². The number of carbonyl (C=O) groups excluding carboxylic acids is 1. The standard InChI is InChI=1S/C9H14N2O2/c1-10(5-12)8-7-4-11-3-2-6(13-7)9(8)11/h5-9H,2-4H2,1H3. The van der Waals surface area contributed by atoms with E-state index in [1.165, 1.54) is 0 Å². The van der Waals surface area contributed by atoms with Crippen molar-refractivity contribution in [2.24, 2.45) is 0 Å². The Labute approximate surface area is 77.4 Å². The highest BCUT2D eigenvalue weighted by molar-refractivity contribution is 5.48. The molecule has 0 radical (unpaired) electrons. The topological polar surface area (TPSA) is 32.8 Å². The van der Waals surface area contributed by atoms with Crippen molar-refractivity contribution in [3.63, 3.8) is 0 Å². The molecule has 3 fully saturated rings. The molecular weight excluding hydrogens is 168 g/mol. The fourth-order valence-corrected chi connectivity index (χ4v) is 3.13. The van der Waals surface area contributed by atoms with Gasteiger partial charge in [-0.3, -0.25) is 9.69 Å². The smallest absolute Gasteiger partial charge is 0.209 e. The molecule has 2 bridgehead atoms. The molecule has 0 aromatic heterocycles. The van der Waals surface area contributed by atoms with E-state index in [1.54, 1.807) is 4.90 Å². The Morgan fingerprint density at radius 2 is 2.38 bits per heavy atom. The van der Waals surface area contributed by atoms with Gasteiger partial charge in [0, 0.05) is 20.1 Å². The van der Waals surface area contributed by atoms with Gasteiger partial charge in [0.2, 0.25) is 6.41 Å². The molecule has 0 spiro atoms. The summed E-state index contributed by atoms with van der Waals surface area (Å²) in [5.74, 6) is 0. The van der Waals surface area contributed by atoms with Gasteiger partial charge in [0.05, 0.1) is 24.3 Å². The summed E-state index contributed by atoms with van der Waals surface area (Å²) in [6.45, 7) is 2.17. The largest absolute Gasteiger partial charge is 0.370 e. The van der Waals surface area contributed by atoms with E-state index in [2.05, 4.69) is 4.90 Å². The maximum absolute atomic E-state index is 10.7. The van der Waals surface area contributed by atoms with E-state index in [-0.39, 0.29) is 6.10 Å². The minimum atomic E-state index is 0.271. The van der Waals surface area contributed by atoms with Crippen LogP contribution in [0.4, 0.5) is 0 Å². The third-order valence-electron chi connectivity index (χ3n) is 3.63. The molecule has 1 amide bonds. The van der Waals surface area contributed by atoms with E-state index >= 15 is 0 Å². The molecule has 0 aromatic rings. The number of rotatable bonds is 2. The number of nitrogens with zero attached hydrogens (tertiary/aromatic N) is 2. The SMILES string of the molecule is CN(C=O)C1C2CN3CCC(O2)C13. The van der Waals surface area contributed by atoms with Crippen LogP contribution in [0.3, 0.4) is 0 Å². The number of carbonyl (C=O) groups is 1. The number of morpholine rings is 1. The molecular formula is C9H14N2O2. The first-order valence-corrected chi connectivity index (χ1v) is 4.88. The summed E-state index contributed by atoms with van der Waals surface area (Å²) in [4.78, 5) is 14.9. The van der Waals surface area contributed by atoms with Crippen LogP contribution in [0.15, 0.2) is 0 Å². The summed E-state index contributed by atoms with van der Waals surface area (Å²) in [5, 5.41) is 0. The molecule has 4 nitrogen and oxygen atoms in total. The number of hydrogen-bond acceptors (Lipinski definition) is 3. The van der Waals surface area contributed by atoms with Crippen LogP contribution in [0.5, 0.6) is 0 Å². The second-order valence-corrected chi connectivity index (χ2v) is 4.25. The van der Waals surface area contributed by atoms with E-state index in [4.69, 9.17) is 4.74 Å². The van der Waals surface area contributed by atoms with Gasteiger partial charge in [-0.15, -0.1) is 0 Å². The number of hydrogen-bond donors (Lipinski definition) is 0. The Balaban J connectivity index is 1.89. The zero-order chi connectivity index (χ0) is 9.00. The molecule has 3 aliphatic rings. The average Bonchev–Trinajstić information content (AvgIpc) is 2.70. The lowest BCUT2D eigenvalue weighted by atomic mass is 10.1. The summed E-state index contributed by atoms with van der Waals surface area (Å²) in [6.07, 6.45) is 2.73. The molecule has 0 saturated carbocycles. The molecule has 3 saturated heterocycles. The lowest BCUT2D eigenvalue weighted by Gasteiger charge is -2.24. The summed E-state index contributed by atoms with van der Waals surface area (Å²) in [6, 6.07) is 0.796. The van der Waals surface area contributed by atoms with E-state index < -0.39 is 0 Å². The zero-order valence-corrected chi connectivity index (χ0v) is 7.72. The quantitative estimate of drug-likeness (QED) is 0.529. The van der Waals surface area contributed by atoms with Crippen LogP contribution in [0.2, 0.25) is 0 Å². The predicted molar refractivity (Wildman–Crippen MR) is 46.3 cm³/mol. The molecule has 0 aliphatic carbocycles. The third kappa shape index (κ3) is 0.849. The second kappa shape index (κ2) is 2.45. The van der Waals surface area contributed by atoms with Gasteiger partial charge in [-0.1, -0.05) is 0 Å². The van der Waals surface area contributed by atoms with Crippen LogP contribution in [0.1, 0.15) is 6.42 Å². The van der Waals surface area contributed by atoms with Crippen molar-refractivity contribution in [1.29, 1.82) is 0 Å². The van der Waals surface area contributed by atoms with Gasteiger partial charge in [0.1, 0.15) is 0 Å². The number of likely N-dealkylation sites (N-methyl/N-ethyl adjacent to an activating group) is 1. The highest BCUT2D eigenvalue weighted by Crippen LogP contribution is 2.41. The van der Waals surface area contributed by atoms with Crippen molar-refractivity contribution in [3.8, 4) is 0 Å². The molecule has 4 heteroatoms. The molecule has 4 atom stereocenters. The fourth-order valence-electron chi connectivity index (χ4n) is 3.13. The molecule has 3 rings (SSSR count). The Kier molecular flexibility index (Phi) is 1.46. The van der Waals surface area contributed by atoms with Crippen molar-refractivity contribution in [2.45, 2.75) is 30.7 Å². The average molecular weight is 182 g/mol. The molecule has 4 unspecified atom stereocenters. The molecule has 3 aliphatic heterocycles. The van der Waals surface area contributed by atoms with Gasteiger partial charge in [0.15, 0.2) is 0 Å². The van der Waals surface area contributed by atoms with Crippen molar-refractivity contribution < 1.29 is 9.53 Å². The van der Waals surface area contributed by atoms with Gasteiger partial charge in [-0.2, -0.15) is 0 Å². The van der Waals surface area contributed by atoms with Gasteiger partial charge in [-0.05, 0) is 6.42 Å². The lowest BCUT2D eigenvalue weighted by molar-refractivity contribution is -0.119. The number of amides is 1. The first kappa shape index (κ1) is 7.76. The highest BCUT2D eigenvalue weighted by atomic mass is 16.5. The molecule has 3 heterocycles. The monoisotopic (exact) mass is 182 g/mol. The zero-order valence-electron chi connectivity index (χ0n) is 7.72. The molecule has 13 heavy (non-hydrogen) atoms. The van der Waals surface area contributed by atoms with Gasteiger partial charge in [-0.25, -0.2) is 0 Å². The van der Waals surface area contributed by atoms with Crippen molar-refractivity contribution in [2.75, 3.05) is 20.1 Å². The van der Waals surface area contributed by atoms with Crippen LogP contribution < -0.4 is 0 Å².